The Morgan fingerprint density at radius 2 is 1.45 bits per heavy atom. The number of piperazine rings is 1. The van der Waals surface area contributed by atoms with Gasteiger partial charge in [-0.25, -0.2) is 0 Å². The van der Waals surface area contributed by atoms with E-state index in [0.29, 0.717) is 45.4 Å². The molecule has 0 aliphatic carbocycles. The molecule has 29 heavy (non-hydrogen) atoms. The summed E-state index contributed by atoms with van der Waals surface area (Å²) in [5, 5.41) is 8.87. The Morgan fingerprint density at radius 3 is 2.00 bits per heavy atom. The van der Waals surface area contributed by atoms with Crippen LogP contribution in [0.1, 0.15) is 38.5 Å². The van der Waals surface area contributed by atoms with Gasteiger partial charge in [0.05, 0.1) is 0 Å². The lowest BCUT2D eigenvalue weighted by Gasteiger charge is -2.36. The van der Waals surface area contributed by atoms with Crippen LogP contribution in [0, 0.1) is 5.92 Å². The molecule has 2 fully saturated rings. The number of piperidine rings is 1. The highest BCUT2D eigenvalue weighted by Gasteiger charge is 2.25. The highest BCUT2D eigenvalue weighted by molar-refractivity contribution is 5.79. The minimum Gasteiger partial charge on any atom is -0.481 e. The number of aliphatic carboxylic acids is 1. The van der Waals surface area contributed by atoms with E-state index in [4.69, 9.17) is 5.11 Å². The maximum atomic E-state index is 12.5. The van der Waals surface area contributed by atoms with Crippen LogP contribution in [-0.4, -0.2) is 76.9 Å². The van der Waals surface area contributed by atoms with E-state index in [2.05, 4.69) is 9.88 Å². The molecule has 0 radical (unpaired) electrons. The Bertz CT molecular complexity index is 696. The summed E-state index contributed by atoms with van der Waals surface area (Å²) in [5.74, 6) is -0.403. The lowest BCUT2D eigenvalue weighted by atomic mass is 9.93. The third-order valence-electron chi connectivity index (χ3n) is 5.87. The van der Waals surface area contributed by atoms with Crippen molar-refractivity contribution in [2.24, 2.45) is 5.92 Å². The Morgan fingerprint density at radius 1 is 0.897 bits per heavy atom. The molecule has 3 heterocycles. The zero-order valence-corrected chi connectivity index (χ0v) is 16.8. The number of hydrogen-bond donors (Lipinski definition) is 1. The second-order valence-electron chi connectivity index (χ2n) is 7.85. The number of hydrogen-bond acceptors (Lipinski definition) is 5. The van der Waals surface area contributed by atoms with Crippen LogP contribution in [0.4, 0.5) is 5.69 Å². The van der Waals surface area contributed by atoms with Crippen molar-refractivity contribution in [1.29, 1.82) is 0 Å². The van der Waals surface area contributed by atoms with Crippen LogP contribution in [0.3, 0.4) is 0 Å². The number of amides is 2. The van der Waals surface area contributed by atoms with Gasteiger partial charge in [-0.05, 0) is 37.3 Å². The molecule has 8 nitrogen and oxygen atoms in total. The molecule has 2 saturated heterocycles. The third-order valence-corrected chi connectivity index (χ3v) is 5.87. The molecule has 158 valence electrons. The van der Waals surface area contributed by atoms with E-state index in [9.17, 15) is 14.4 Å². The molecule has 1 N–H and O–H groups in total. The lowest BCUT2D eigenvalue weighted by molar-refractivity contribution is -0.138. The van der Waals surface area contributed by atoms with Crippen LogP contribution in [0.15, 0.2) is 24.5 Å². The Hall–Kier alpha value is -2.64. The number of carbonyl (C=O) groups excluding carboxylic acids is 2. The first-order valence-corrected chi connectivity index (χ1v) is 10.4. The minimum absolute atomic E-state index is 0.0779. The Kier molecular flexibility index (Phi) is 7.43. The third kappa shape index (κ3) is 6.17. The quantitative estimate of drug-likeness (QED) is 0.745. The topological polar surface area (TPSA) is 94.0 Å². The average Bonchev–Trinajstić information content (AvgIpc) is 2.74. The predicted octanol–water partition coefficient (Wildman–Crippen LogP) is 1.61. The number of anilines is 1. The zero-order chi connectivity index (χ0) is 20.6. The van der Waals surface area contributed by atoms with Crippen molar-refractivity contribution >= 4 is 23.5 Å². The van der Waals surface area contributed by atoms with Gasteiger partial charge in [-0.3, -0.25) is 19.4 Å². The fraction of sp³-hybridized carbons (Fsp3) is 0.619. The molecular formula is C21H30N4O4. The summed E-state index contributed by atoms with van der Waals surface area (Å²) in [5.41, 5.74) is 1.13. The normalized spacial score (nSPS) is 18.0. The molecule has 0 bridgehead atoms. The standard InChI is InChI=1S/C21H30N4O4/c26-19(24-10-6-17(7-11-24)16-21(28)29)2-1-3-20(27)25-14-12-23(13-15-25)18-4-8-22-9-5-18/h4-5,8-9,17H,1-3,6-7,10-16H2,(H,28,29). The molecule has 8 heteroatoms. The first-order chi connectivity index (χ1) is 14.0. The van der Waals surface area contributed by atoms with Crippen molar-refractivity contribution in [3.63, 3.8) is 0 Å². The lowest BCUT2D eigenvalue weighted by Crippen LogP contribution is -2.48. The smallest absolute Gasteiger partial charge is 0.303 e. The Labute approximate surface area is 171 Å². The molecule has 2 amide bonds. The summed E-state index contributed by atoms with van der Waals surface area (Å²) in [6, 6.07) is 3.96. The molecular weight excluding hydrogens is 372 g/mol. The summed E-state index contributed by atoms with van der Waals surface area (Å²) in [6.45, 7) is 4.27. The number of carboxylic acids is 1. The highest BCUT2D eigenvalue weighted by atomic mass is 16.4. The first-order valence-electron chi connectivity index (χ1n) is 10.4. The zero-order valence-electron chi connectivity index (χ0n) is 16.8. The number of pyridine rings is 1. The number of likely N-dealkylation sites (tertiary alicyclic amines) is 1. The van der Waals surface area contributed by atoms with E-state index >= 15 is 0 Å². The summed E-state index contributed by atoms with van der Waals surface area (Å²) in [4.78, 5) is 45.6. The van der Waals surface area contributed by atoms with Crippen molar-refractivity contribution in [2.45, 2.75) is 38.5 Å². The molecule has 0 spiro atoms. The van der Waals surface area contributed by atoms with E-state index in [1.807, 2.05) is 21.9 Å². The van der Waals surface area contributed by atoms with Crippen molar-refractivity contribution < 1.29 is 19.5 Å². The van der Waals surface area contributed by atoms with Crippen LogP contribution in [0.25, 0.3) is 0 Å². The summed E-state index contributed by atoms with van der Waals surface area (Å²) < 4.78 is 0. The molecule has 1 aromatic heterocycles. The largest absolute Gasteiger partial charge is 0.481 e. The minimum atomic E-state index is -0.769. The van der Waals surface area contributed by atoms with Gasteiger partial charge in [0.2, 0.25) is 11.8 Å². The van der Waals surface area contributed by atoms with Gasteiger partial charge < -0.3 is 19.8 Å². The highest BCUT2D eigenvalue weighted by Crippen LogP contribution is 2.21. The van der Waals surface area contributed by atoms with Crippen LogP contribution >= 0.6 is 0 Å². The van der Waals surface area contributed by atoms with Crippen molar-refractivity contribution in [3.05, 3.63) is 24.5 Å². The second-order valence-corrected chi connectivity index (χ2v) is 7.85. The fourth-order valence-corrected chi connectivity index (χ4v) is 4.11. The van der Waals surface area contributed by atoms with Crippen LogP contribution in [0.2, 0.25) is 0 Å². The van der Waals surface area contributed by atoms with E-state index in [0.717, 1.165) is 31.6 Å². The van der Waals surface area contributed by atoms with E-state index in [-0.39, 0.29) is 24.2 Å². The van der Waals surface area contributed by atoms with Crippen LogP contribution < -0.4 is 4.90 Å². The van der Waals surface area contributed by atoms with Gasteiger partial charge in [0.1, 0.15) is 0 Å². The van der Waals surface area contributed by atoms with E-state index < -0.39 is 5.97 Å². The van der Waals surface area contributed by atoms with Gasteiger partial charge in [-0.2, -0.15) is 0 Å². The molecule has 2 aliphatic heterocycles. The molecule has 0 saturated carbocycles. The summed E-state index contributed by atoms with van der Waals surface area (Å²) >= 11 is 0. The SMILES string of the molecule is O=C(O)CC1CCN(C(=O)CCCC(=O)N2CCN(c3ccncc3)CC2)CC1. The molecule has 0 aromatic carbocycles. The first kappa shape index (κ1) is 21.1. The number of carbonyl (C=O) groups is 3. The number of nitrogens with zero attached hydrogens (tertiary/aromatic N) is 4. The number of carboxylic acid groups (broad SMARTS) is 1. The predicted molar refractivity (Wildman–Crippen MR) is 108 cm³/mol. The van der Waals surface area contributed by atoms with Crippen molar-refractivity contribution in [3.8, 4) is 0 Å². The molecule has 0 unspecified atom stereocenters. The average molecular weight is 402 g/mol. The maximum Gasteiger partial charge on any atom is 0.303 e. The molecule has 0 atom stereocenters. The monoisotopic (exact) mass is 402 g/mol. The molecule has 2 aliphatic rings. The maximum absolute atomic E-state index is 12.5. The van der Waals surface area contributed by atoms with E-state index in [1.165, 1.54) is 0 Å². The number of rotatable bonds is 7. The summed E-state index contributed by atoms with van der Waals surface area (Å²) in [6.07, 6.45) is 6.58. The second kappa shape index (κ2) is 10.2. The van der Waals surface area contributed by atoms with Gasteiger partial charge in [-0.1, -0.05) is 0 Å². The van der Waals surface area contributed by atoms with Crippen molar-refractivity contribution in [1.82, 2.24) is 14.8 Å². The Balaban J connectivity index is 1.32. The summed E-state index contributed by atoms with van der Waals surface area (Å²) in [7, 11) is 0. The van der Waals surface area contributed by atoms with Crippen LogP contribution in [0.5, 0.6) is 0 Å². The van der Waals surface area contributed by atoms with Gasteiger partial charge in [0.25, 0.3) is 0 Å². The molecule has 3 rings (SSSR count). The van der Waals surface area contributed by atoms with Gasteiger partial charge in [0, 0.05) is 76.6 Å². The molecule has 1 aromatic rings. The van der Waals surface area contributed by atoms with Gasteiger partial charge in [-0.15, -0.1) is 0 Å². The van der Waals surface area contributed by atoms with Crippen LogP contribution in [-0.2, 0) is 14.4 Å². The number of aromatic nitrogens is 1. The van der Waals surface area contributed by atoms with Crippen molar-refractivity contribution in [2.75, 3.05) is 44.2 Å². The van der Waals surface area contributed by atoms with Gasteiger partial charge in [0.15, 0.2) is 0 Å². The van der Waals surface area contributed by atoms with E-state index in [1.54, 1.807) is 12.4 Å². The van der Waals surface area contributed by atoms with Gasteiger partial charge >= 0.3 is 5.97 Å². The fourth-order valence-electron chi connectivity index (χ4n) is 4.11.